The molecule has 104 valence electrons. The molecule has 3 nitrogen and oxygen atoms in total. The van der Waals surface area contributed by atoms with E-state index in [0.29, 0.717) is 0 Å². The van der Waals surface area contributed by atoms with Gasteiger partial charge < -0.3 is 9.31 Å². The van der Waals surface area contributed by atoms with Crippen molar-refractivity contribution in [3.63, 3.8) is 0 Å². The van der Waals surface area contributed by atoms with Crippen molar-refractivity contribution in [3.8, 4) is 10.4 Å². The van der Waals surface area contributed by atoms with Gasteiger partial charge in [-0.15, -0.1) is 11.3 Å². The Morgan fingerprint density at radius 3 is 2.20 bits per heavy atom. The molecule has 0 amide bonds. The van der Waals surface area contributed by atoms with Crippen LogP contribution in [0.25, 0.3) is 10.4 Å². The van der Waals surface area contributed by atoms with Gasteiger partial charge in [0.25, 0.3) is 0 Å². The van der Waals surface area contributed by atoms with Gasteiger partial charge in [-0.05, 0) is 33.3 Å². The highest BCUT2D eigenvalue weighted by Gasteiger charge is 2.52. The first-order valence-electron chi connectivity index (χ1n) is 6.76. The standard InChI is InChI=1S/C15H18BNO2S/c1-14(2)15(3,4)19-16(18-14)13-17-10-12(20-13)11-8-6-5-7-9-11/h5-10H,1-4H3. The SMILES string of the molecule is CC1(C)OB(c2ncc(-c3ccccc3)s2)OC1(C)C. The smallest absolute Gasteiger partial charge is 0.398 e. The van der Waals surface area contributed by atoms with E-state index < -0.39 is 0 Å². The third kappa shape index (κ3) is 2.30. The van der Waals surface area contributed by atoms with Crippen molar-refractivity contribution in [2.45, 2.75) is 38.9 Å². The highest BCUT2D eigenvalue weighted by molar-refractivity contribution is 7.24. The molecule has 1 aliphatic rings. The molecule has 0 saturated carbocycles. The maximum Gasteiger partial charge on any atom is 0.525 e. The van der Waals surface area contributed by atoms with Gasteiger partial charge >= 0.3 is 7.12 Å². The summed E-state index contributed by atoms with van der Waals surface area (Å²) < 4.78 is 12.0. The summed E-state index contributed by atoms with van der Waals surface area (Å²) >= 11 is 1.62. The molecule has 1 aromatic heterocycles. The van der Waals surface area contributed by atoms with E-state index in [-0.39, 0.29) is 18.3 Å². The second-order valence-corrected chi connectivity index (χ2v) is 7.08. The molecule has 5 heteroatoms. The van der Waals surface area contributed by atoms with Crippen LogP contribution in [0.15, 0.2) is 36.5 Å². The molecule has 3 rings (SSSR count). The Labute approximate surface area is 124 Å². The molecule has 0 radical (unpaired) electrons. The van der Waals surface area contributed by atoms with E-state index >= 15 is 0 Å². The summed E-state index contributed by atoms with van der Waals surface area (Å²) in [4.78, 5) is 6.49. The van der Waals surface area contributed by atoms with Crippen LogP contribution in [0.1, 0.15) is 27.7 Å². The van der Waals surface area contributed by atoms with Crippen LogP contribution in [0.2, 0.25) is 0 Å². The largest absolute Gasteiger partial charge is 0.525 e. The molecule has 0 spiro atoms. The Balaban J connectivity index is 1.86. The lowest BCUT2D eigenvalue weighted by Gasteiger charge is -2.32. The number of benzene rings is 1. The fourth-order valence-corrected chi connectivity index (χ4v) is 2.96. The fourth-order valence-electron chi connectivity index (χ4n) is 2.08. The van der Waals surface area contributed by atoms with Crippen molar-refractivity contribution in [2.24, 2.45) is 0 Å². The van der Waals surface area contributed by atoms with Gasteiger partial charge in [-0.3, -0.25) is 4.98 Å². The number of hydrogen-bond acceptors (Lipinski definition) is 4. The first-order valence-corrected chi connectivity index (χ1v) is 7.57. The Morgan fingerprint density at radius 1 is 1.00 bits per heavy atom. The van der Waals surface area contributed by atoms with Crippen molar-refractivity contribution < 1.29 is 9.31 Å². The summed E-state index contributed by atoms with van der Waals surface area (Å²) in [5.41, 5.74) is 0.528. The first kappa shape index (κ1) is 13.8. The molecule has 2 aromatic rings. The van der Waals surface area contributed by atoms with Crippen LogP contribution >= 0.6 is 11.3 Å². The summed E-state index contributed by atoms with van der Waals surface area (Å²) in [7, 11) is -0.373. The quantitative estimate of drug-likeness (QED) is 0.795. The van der Waals surface area contributed by atoms with E-state index in [1.165, 1.54) is 5.56 Å². The highest BCUT2D eigenvalue weighted by atomic mass is 32.1. The van der Waals surface area contributed by atoms with Gasteiger partial charge in [0.05, 0.1) is 16.1 Å². The third-order valence-electron chi connectivity index (χ3n) is 4.04. The van der Waals surface area contributed by atoms with E-state index in [2.05, 4.69) is 44.8 Å². The van der Waals surface area contributed by atoms with Crippen molar-refractivity contribution in [1.82, 2.24) is 4.98 Å². The molecule has 0 bridgehead atoms. The fraction of sp³-hybridized carbons (Fsp3) is 0.400. The summed E-state index contributed by atoms with van der Waals surface area (Å²) in [6.07, 6.45) is 1.89. The summed E-state index contributed by atoms with van der Waals surface area (Å²) in [6, 6.07) is 10.2. The second-order valence-electron chi connectivity index (χ2n) is 6.02. The molecule has 2 heterocycles. The van der Waals surface area contributed by atoms with Crippen molar-refractivity contribution in [1.29, 1.82) is 0 Å². The molecule has 0 N–H and O–H groups in total. The van der Waals surface area contributed by atoms with Gasteiger partial charge in [0.15, 0.2) is 0 Å². The van der Waals surface area contributed by atoms with Crippen LogP contribution in [0, 0.1) is 0 Å². The highest BCUT2D eigenvalue weighted by Crippen LogP contribution is 2.37. The average molecular weight is 287 g/mol. The number of thiazole rings is 1. The zero-order valence-electron chi connectivity index (χ0n) is 12.2. The van der Waals surface area contributed by atoms with Gasteiger partial charge in [-0.25, -0.2) is 0 Å². The van der Waals surface area contributed by atoms with Crippen LogP contribution in [0.3, 0.4) is 0 Å². The summed E-state index contributed by atoms with van der Waals surface area (Å²) in [6.45, 7) is 8.22. The van der Waals surface area contributed by atoms with E-state index in [0.717, 1.165) is 9.78 Å². The van der Waals surface area contributed by atoms with Crippen LogP contribution < -0.4 is 4.91 Å². The van der Waals surface area contributed by atoms with Gasteiger partial charge in [-0.1, -0.05) is 30.3 Å². The van der Waals surface area contributed by atoms with E-state index in [1.807, 2.05) is 24.4 Å². The molecular formula is C15H18BNO2S. The predicted octanol–water partition coefficient (Wildman–Crippen LogP) is 3.11. The van der Waals surface area contributed by atoms with Gasteiger partial charge in [0.2, 0.25) is 0 Å². The lowest BCUT2D eigenvalue weighted by molar-refractivity contribution is 0.00578. The normalized spacial score (nSPS) is 20.3. The second kappa shape index (κ2) is 4.69. The zero-order chi connectivity index (χ0) is 14.4. The van der Waals surface area contributed by atoms with Crippen molar-refractivity contribution in [3.05, 3.63) is 36.5 Å². The third-order valence-corrected chi connectivity index (χ3v) is 5.10. The van der Waals surface area contributed by atoms with E-state index in [9.17, 15) is 0 Å². The molecule has 0 unspecified atom stereocenters. The first-order chi connectivity index (χ1) is 9.39. The summed E-state index contributed by atoms with van der Waals surface area (Å²) in [5.74, 6) is 0. The molecule has 1 aliphatic heterocycles. The van der Waals surface area contributed by atoms with Crippen molar-refractivity contribution in [2.75, 3.05) is 0 Å². The Bertz CT molecular complexity index is 593. The monoisotopic (exact) mass is 287 g/mol. The van der Waals surface area contributed by atoms with E-state index in [4.69, 9.17) is 9.31 Å². The summed E-state index contributed by atoms with van der Waals surface area (Å²) in [5, 5.41) is 0. The number of aromatic nitrogens is 1. The number of hydrogen-bond donors (Lipinski definition) is 0. The molecule has 1 aromatic carbocycles. The van der Waals surface area contributed by atoms with E-state index in [1.54, 1.807) is 11.3 Å². The van der Waals surface area contributed by atoms with Gasteiger partial charge in [-0.2, -0.15) is 0 Å². The number of rotatable bonds is 2. The van der Waals surface area contributed by atoms with Gasteiger partial charge in [0, 0.05) is 6.20 Å². The maximum atomic E-state index is 6.02. The lowest BCUT2D eigenvalue weighted by Crippen LogP contribution is -2.41. The predicted molar refractivity (Wildman–Crippen MR) is 83.3 cm³/mol. The molecular weight excluding hydrogens is 269 g/mol. The van der Waals surface area contributed by atoms with Crippen LogP contribution in [-0.4, -0.2) is 23.3 Å². The average Bonchev–Trinajstić information content (AvgIpc) is 2.94. The Morgan fingerprint density at radius 2 is 1.60 bits per heavy atom. The maximum absolute atomic E-state index is 6.02. The minimum atomic E-state index is -0.373. The van der Waals surface area contributed by atoms with Crippen molar-refractivity contribution >= 4 is 23.4 Å². The molecule has 0 aliphatic carbocycles. The molecule has 1 saturated heterocycles. The van der Waals surface area contributed by atoms with Crippen LogP contribution in [0.4, 0.5) is 0 Å². The Kier molecular flexibility index (Phi) is 3.24. The lowest BCUT2D eigenvalue weighted by atomic mass is 9.90. The Hall–Kier alpha value is -1.17. The number of nitrogens with zero attached hydrogens (tertiary/aromatic N) is 1. The topological polar surface area (TPSA) is 31.4 Å². The van der Waals surface area contributed by atoms with Gasteiger partial charge in [0.1, 0.15) is 4.91 Å². The molecule has 20 heavy (non-hydrogen) atoms. The minimum Gasteiger partial charge on any atom is -0.398 e. The van der Waals surface area contributed by atoms with Crippen LogP contribution in [0.5, 0.6) is 0 Å². The molecule has 0 atom stereocenters. The zero-order valence-corrected chi connectivity index (χ0v) is 13.0. The van der Waals surface area contributed by atoms with Crippen LogP contribution in [-0.2, 0) is 9.31 Å². The molecule has 1 fully saturated rings. The minimum absolute atomic E-state index is 0.323.